The molecule has 2 N–H and O–H groups in total. The number of hydrogen-bond acceptors (Lipinski definition) is 4. The van der Waals surface area contributed by atoms with Crippen molar-refractivity contribution in [3.63, 3.8) is 0 Å². The van der Waals surface area contributed by atoms with Crippen LogP contribution < -0.4 is 5.32 Å². The minimum absolute atomic E-state index is 0.167. The third-order valence-electron chi connectivity index (χ3n) is 2.41. The van der Waals surface area contributed by atoms with Crippen LogP contribution in [-0.4, -0.2) is 47.7 Å². The first-order valence-corrected chi connectivity index (χ1v) is 3.69. The monoisotopic (exact) mass is 142 g/mol. The predicted octanol–water partition coefficient (Wildman–Crippen LogP) is -1.68. The highest BCUT2D eigenvalue weighted by Crippen LogP contribution is 2.36. The summed E-state index contributed by atoms with van der Waals surface area (Å²) in [5.74, 6) is 0. The van der Waals surface area contributed by atoms with Crippen molar-refractivity contribution in [3.05, 3.63) is 0 Å². The summed E-state index contributed by atoms with van der Waals surface area (Å²) >= 11 is 0. The van der Waals surface area contributed by atoms with Gasteiger partial charge in [0, 0.05) is 13.1 Å². The molecule has 0 aromatic carbocycles. The average Bonchev–Trinajstić information content (AvgIpc) is 2.81. The first kappa shape index (κ1) is 5.49. The van der Waals surface area contributed by atoms with Crippen LogP contribution in [0.25, 0.3) is 0 Å². The molecule has 0 aromatic heterocycles. The van der Waals surface area contributed by atoms with Crippen molar-refractivity contribution in [2.45, 2.75) is 24.6 Å². The number of nitrogens with one attached hydrogen (secondary N) is 1. The number of ether oxygens (including phenoxy) is 1. The van der Waals surface area contributed by atoms with Crippen LogP contribution in [-0.2, 0) is 4.74 Å². The van der Waals surface area contributed by atoms with Crippen LogP contribution >= 0.6 is 0 Å². The molecule has 3 aliphatic rings. The first-order chi connectivity index (χ1) is 4.86. The number of rotatable bonds is 1. The molecule has 0 spiro atoms. The van der Waals surface area contributed by atoms with Crippen LogP contribution in [0, 0.1) is 0 Å². The van der Waals surface area contributed by atoms with Gasteiger partial charge in [-0.3, -0.25) is 4.90 Å². The zero-order valence-corrected chi connectivity index (χ0v) is 5.53. The fraction of sp³-hybridized carbons (Fsp3) is 1.00. The Morgan fingerprint density at radius 2 is 2.40 bits per heavy atom. The Labute approximate surface area is 58.8 Å². The number of nitrogens with zero attached hydrogens (tertiary/aromatic N) is 1. The SMILES string of the molecule is O[C@@H]1OC([C@@H]2CN2)[N@@]2CC12. The molecule has 3 aliphatic heterocycles. The average molecular weight is 142 g/mol. The second-order valence-corrected chi connectivity index (χ2v) is 3.20. The molecule has 3 saturated heterocycles. The van der Waals surface area contributed by atoms with Crippen LogP contribution in [0.2, 0.25) is 0 Å². The summed E-state index contributed by atoms with van der Waals surface area (Å²) in [6.45, 7) is 2.06. The van der Waals surface area contributed by atoms with Gasteiger partial charge < -0.3 is 15.2 Å². The molecule has 3 fully saturated rings. The van der Waals surface area contributed by atoms with Gasteiger partial charge in [-0.05, 0) is 0 Å². The van der Waals surface area contributed by atoms with Crippen LogP contribution in [0.4, 0.5) is 0 Å². The van der Waals surface area contributed by atoms with Gasteiger partial charge >= 0.3 is 0 Å². The fourth-order valence-corrected chi connectivity index (χ4v) is 1.62. The maximum Gasteiger partial charge on any atom is 0.173 e. The summed E-state index contributed by atoms with van der Waals surface area (Å²) in [6.07, 6.45) is -0.354. The molecule has 3 rings (SSSR count). The lowest BCUT2D eigenvalue weighted by atomic mass is 10.4. The van der Waals surface area contributed by atoms with E-state index in [0.29, 0.717) is 12.1 Å². The molecule has 0 saturated carbocycles. The van der Waals surface area contributed by atoms with Gasteiger partial charge in [-0.15, -0.1) is 0 Å². The van der Waals surface area contributed by atoms with Crippen molar-refractivity contribution in [2.75, 3.05) is 13.1 Å². The normalized spacial score (nSPS) is 63.9. The topological polar surface area (TPSA) is 54.4 Å². The maximum absolute atomic E-state index is 9.19. The molecule has 0 aliphatic carbocycles. The molecule has 2 unspecified atom stereocenters. The van der Waals surface area contributed by atoms with E-state index in [1.807, 2.05) is 0 Å². The second-order valence-electron chi connectivity index (χ2n) is 3.20. The lowest BCUT2D eigenvalue weighted by molar-refractivity contribution is -0.111. The summed E-state index contributed by atoms with van der Waals surface area (Å²) in [6, 6.07) is 0.801. The van der Waals surface area contributed by atoms with Crippen molar-refractivity contribution < 1.29 is 9.84 Å². The molecule has 0 bridgehead atoms. The molecule has 3 heterocycles. The molecule has 0 radical (unpaired) electrons. The van der Waals surface area contributed by atoms with Gasteiger partial charge in [0.1, 0.15) is 6.23 Å². The summed E-state index contributed by atoms with van der Waals surface area (Å²) in [4.78, 5) is 2.19. The van der Waals surface area contributed by atoms with Crippen molar-refractivity contribution in [1.29, 1.82) is 0 Å². The van der Waals surface area contributed by atoms with E-state index in [-0.39, 0.29) is 6.23 Å². The van der Waals surface area contributed by atoms with Gasteiger partial charge in [0.15, 0.2) is 6.29 Å². The molecular formula is C6H10N2O2. The van der Waals surface area contributed by atoms with Crippen molar-refractivity contribution in [3.8, 4) is 0 Å². The lowest BCUT2D eigenvalue weighted by Gasteiger charge is -2.11. The Balaban J connectivity index is 1.76. The summed E-state index contributed by atoms with van der Waals surface area (Å²) in [5.41, 5.74) is 0. The summed E-state index contributed by atoms with van der Waals surface area (Å²) < 4.78 is 5.27. The van der Waals surface area contributed by atoms with Crippen LogP contribution in [0.1, 0.15) is 0 Å². The lowest BCUT2D eigenvalue weighted by Crippen LogP contribution is -2.27. The fourth-order valence-electron chi connectivity index (χ4n) is 1.62. The van der Waals surface area contributed by atoms with E-state index in [4.69, 9.17) is 4.74 Å². The maximum atomic E-state index is 9.19. The highest BCUT2D eigenvalue weighted by molar-refractivity contribution is 5.06. The van der Waals surface area contributed by atoms with Crippen LogP contribution in [0.3, 0.4) is 0 Å². The van der Waals surface area contributed by atoms with E-state index in [1.165, 1.54) is 0 Å². The van der Waals surface area contributed by atoms with Gasteiger partial charge in [-0.1, -0.05) is 0 Å². The Bertz CT molecular complexity index is 171. The Morgan fingerprint density at radius 3 is 2.80 bits per heavy atom. The molecule has 4 nitrogen and oxygen atoms in total. The van der Waals surface area contributed by atoms with Crippen molar-refractivity contribution in [1.82, 2.24) is 10.2 Å². The van der Waals surface area contributed by atoms with E-state index < -0.39 is 6.29 Å². The zero-order chi connectivity index (χ0) is 6.72. The van der Waals surface area contributed by atoms with Crippen LogP contribution in [0.15, 0.2) is 0 Å². The molecule has 5 atom stereocenters. The molecule has 4 heteroatoms. The van der Waals surface area contributed by atoms with E-state index in [1.54, 1.807) is 0 Å². The van der Waals surface area contributed by atoms with E-state index in [9.17, 15) is 5.11 Å². The predicted molar refractivity (Wildman–Crippen MR) is 33.2 cm³/mol. The third-order valence-corrected chi connectivity index (χ3v) is 2.41. The van der Waals surface area contributed by atoms with Crippen molar-refractivity contribution >= 4 is 0 Å². The smallest absolute Gasteiger partial charge is 0.173 e. The van der Waals surface area contributed by atoms with Gasteiger partial charge in [0.2, 0.25) is 0 Å². The van der Waals surface area contributed by atoms with E-state index in [2.05, 4.69) is 10.2 Å². The van der Waals surface area contributed by atoms with Gasteiger partial charge in [-0.2, -0.15) is 0 Å². The Morgan fingerprint density at radius 1 is 1.60 bits per heavy atom. The van der Waals surface area contributed by atoms with Crippen molar-refractivity contribution in [2.24, 2.45) is 0 Å². The van der Waals surface area contributed by atoms with Gasteiger partial charge in [0.05, 0.1) is 12.1 Å². The number of aliphatic hydroxyl groups is 1. The highest BCUT2D eigenvalue weighted by Gasteiger charge is 2.57. The minimum atomic E-state index is -0.521. The molecule has 56 valence electrons. The third kappa shape index (κ3) is 0.594. The Kier molecular flexibility index (Phi) is 0.840. The quantitative estimate of drug-likeness (QED) is 0.429. The van der Waals surface area contributed by atoms with Gasteiger partial charge in [-0.25, -0.2) is 0 Å². The van der Waals surface area contributed by atoms with Gasteiger partial charge in [0.25, 0.3) is 0 Å². The molecule has 0 aromatic rings. The molecule has 0 amide bonds. The van der Waals surface area contributed by atoms with E-state index >= 15 is 0 Å². The molecule has 10 heavy (non-hydrogen) atoms. The second kappa shape index (κ2) is 1.53. The van der Waals surface area contributed by atoms with E-state index in [0.717, 1.165) is 13.1 Å². The standard InChI is InChI=1S/C6H10N2O2/c9-6-4-2-8(4)5(10-6)3-1-7-3/h3-7,9H,1-2H2/t3-,4?,5?,6+,8-/m0/s1. The minimum Gasteiger partial charge on any atom is -0.366 e. The highest BCUT2D eigenvalue weighted by atomic mass is 16.6. The Hall–Kier alpha value is -0.160. The number of aliphatic hydroxyl groups excluding tert-OH is 1. The largest absolute Gasteiger partial charge is 0.366 e. The van der Waals surface area contributed by atoms with Crippen LogP contribution in [0.5, 0.6) is 0 Å². The molecular weight excluding hydrogens is 132 g/mol. The summed E-state index contributed by atoms with van der Waals surface area (Å²) in [7, 11) is 0. The number of fused-ring (bicyclic) bond motifs is 1. The summed E-state index contributed by atoms with van der Waals surface area (Å²) in [5, 5.41) is 12.4. The number of hydrogen-bond donors (Lipinski definition) is 2. The first-order valence-electron chi connectivity index (χ1n) is 3.69. The zero-order valence-electron chi connectivity index (χ0n) is 5.53.